The van der Waals surface area contributed by atoms with Crippen LogP contribution in [-0.2, 0) is 31.2 Å². The highest BCUT2D eigenvalue weighted by molar-refractivity contribution is 14.0. The fourth-order valence-electron chi connectivity index (χ4n) is 4.27. The molecule has 0 aliphatic carbocycles. The average molecular weight is 490 g/mol. The van der Waals surface area contributed by atoms with E-state index in [4.69, 9.17) is 4.74 Å². The minimum Gasteiger partial charge on any atom is -0.379 e. The van der Waals surface area contributed by atoms with Crippen LogP contribution in [0, 0.1) is 0 Å². The lowest BCUT2D eigenvalue weighted by Gasteiger charge is -2.32. The van der Waals surface area contributed by atoms with E-state index in [0.717, 1.165) is 64.7 Å². The van der Waals surface area contributed by atoms with Gasteiger partial charge < -0.3 is 15.0 Å². The molecule has 154 valence electrons. The summed E-state index contributed by atoms with van der Waals surface area (Å²) in [5.74, 6) is 1.01. The van der Waals surface area contributed by atoms with Crippen molar-refractivity contribution >= 4 is 29.9 Å². The Hall–Kier alpha value is -0.870. The Bertz CT molecular complexity index is 626. The van der Waals surface area contributed by atoms with E-state index in [-0.39, 0.29) is 24.0 Å². The second-order valence-corrected chi connectivity index (χ2v) is 7.14. The highest BCUT2D eigenvalue weighted by Crippen LogP contribution is 2.18. The van der Waals surface area contributed by atoms with Gasteiger partial charge >= 0.3 is 0 Å². The molecule has 0 aromatic carbocycles. The fourth-order valence-corrected chi connectivity index (χ4v) is 4.27. The van der Waals surface area contributed by atoms with E-state index >= 15 is 0 Å². The Morgan fingerprint density at radius 2 is 1.96 bits per heavy atom. The third-order valence-electron chi connectivity index (χ3n) is 5.69. The minimum absolute atomic E-state index is 0. The zero-order valence-electron chi connectivity index (χ0n) is 17.2. The number of halogens is 1. The summed E-state index contributed by atoms with van der Waals surface area (Å²) in [6, 6.07) is 0.619. The van der Waals surface area contributed by atoms with Crippen molar-refractivity contribution in [2.75, 3.05) is 46.4 Å². The summed E-state index contributed by atoms with van der Waals surface area (Å²) < 4.78 is 7.52. The Kier molecular flexibility index (Phi) is 8.81. The van der Waals surface area contributed by atoms with Gasteiger partial charge in [-0.05, 0) is 19.3 Å². The predicted molar refractivity (Wildman–Crippen MR) is 120 cm³/mol. The molecule has 27 heavy (non-hydrogen) atoms. The highest BCUT2D eigenvalue weighted by atomic mass is 127. The maximum absolute atomic E-state index is 5.49. The van der Waals surface area contributed by atoms with Gasteiger partial charge in [0.2, 0.25) is 0 Å². The van der Waals surface area contributed by atoms with Gasteiger partial charge in [-0.25, -0.2) is 0 Å². The van der Waals surface area contributed by atoms with Gasteiger partial charge in [-0.2, -0.15) is 5.10 Å². The number of hydrogen-bond donors (Lipinski definition) is 1. The molecular formula is C19H35IN6O. The molecule has 1 unspecified atom stereocenters. The van der Waals surface area contributed by atoms with Crippen LogP contribution in [0.25, 0.3) is 0 Å². The third-order valence-corrected chi connectivity index (χ3v) is 5.69. The molecule has 0 radical (unpaired) electrons. The highest BCUT2D eigenvalue weighted by Gasteiger charge is 2.30. The first-order chi connectivity index (χ1) is 12.7. The number of nitrogens with zero attached hydrogens (tertiary/aromatic N) is 5. The molecule has 1 aromatic rings. The van der Waals surface area contributed by atoms with Crippen molar-refractivity contribution in [3.8, 4) is 0 Å². The molecule has 2 fully saturated rings. The molecule has 0 amide bonds. The molecule has 0 spiro atoms. The number of likely N-dealkylation sites (tertiary alicyclic amines) is 1. The summed E-state index contributed by atoms with van der Waals surface area (Å²) in [5, 5.41) is 8.27. The first-order valence-corrected chi connectivity index (χ1v) is 9.98. The van der Waals surface area contributed by atoms with Gasteiger partial charge in [0.15, 0.2) is 5.96 Å². The molecule has 7 nitrogen and oxygen atoms in total. The molecular weight excluding hydrogens is 455 g/mol. The van der Waals surface area contributed by atoms with Crippen LogP contribution in [0.3, 0.4) is 0 Å². The largest absolute Gasteiger partial charge is 0.379 e. The van der Waals surface area contributed by atoms with E-state index in [9.17, 15) is 0 Å². The van der Waals surface area contributed by atoms with Gasteiger partial charge in [-0.1, -0.05) is 13.8 Å². The van der Waals surface area contributed by atoms with Gasteiger partial charge in [0.05, 0.1) is 18.9 Å². The van der Waals surface area contributed by atoms with Crippen molar-refractivity contribution in [3.63, 3.8) is 0 Å². The topological polar surface area (TPSA) is 57.9 Å². The van der Waals surface area contributed by atoms with Crippen molar-refractivity contribution in [2.24, 2.45) is 12.0 Å². The Labute approximate surface area is 180 Å². The van der Waals surface area contributed by atoms with E-state index in [1.54, 1.807) is 0 Å². The van der Waals surface area contributed by atoms with Crippen LogP contribution in [0.4, 0.5) is 0 Å². The standard InChI is InChI=1S/C19H34N6O.HI/c1-5-17-16(18(6-2)23(4)22-17)13-21-19(20-3)25-8-7-15(14-25)24-9-11-26-12-10-24;/h15H,5-14H2,1-4H3,(H,20,21);1H. The lowest BCUT2D eigenvalue weighted by Crippen LogP contribution is -2.46. The Morgan fingerprint density at radius 1 is 1.22 bits per heavy atom. The number of ether oxygens (including phenoxy) is 1. The molecule has 3 heterocycles. The zero-order chi connectivity index (χ0) is 18.5. The maximum atomic E-state index is 5.49. The smallest absolute Gasteiger partial charge is 0.193 e. The summed E-state index contributed by atoms with van der Waals surface area (Å²) in [4.78, 5) is 9.51. The van der Waals surface area contributed by atoms with Crippen LogP contribution in [0.1, 0.15) is 37.2 Å². The Morgan fingerprint density at radius 3 is 2.59 bits per heavy atom. The van der Waals surface area contributed by atoms with E-state index in [1.165, 1.54) is 23.4 Å². The summed E-state index contributed by atoms with van der Waals surface area (Å²) in [5.41, 5.74) is 3.85. The summed E-state index contributed by atoms with van der Waals surface area (Å²) in [7, 11) is 3.93. The summed E-state index contributed by atoms with van der Waals surface area (Å²) in [6.45, 7) is 11.1. The molecule has 2 aliphatic rings. The van der Waals surface area contributed by atoms with E-state index in [1.807, 2.05) is 18.8 Å². The van der Waals surface area contributed by atoms with Crippen molar-refractivity contribution in [2.45, 2.75) is 45.7 Å². The lowest BCUT2D eigenvalue weighted by atomic mass is 10.1. The van der Waals surface area contributed by atoms with Gasteiger partial charge in [-0.15, -0.1) is 24.0 Å². The number of rotatable bonds is 5. The number of guanidine groups is 1. The molecule has 2 saturated heterocycles. The Balaban J connectivity index is 0.00000261. The normalized spacial score (nSPS) is 21.4. The number of nitrogens with one attached hydrogen (secondary N) is 1. The first kappa shape index (κ1) is 22.4. The summed E-state index contributed by atoms with van der Waals surface area (Å²) >= 11 is 0. The molecule has 1 aromatic heterocycles. The molecule has 0 saturated carbocycles. The average Bonchev–Trinajstić information content (AvgIpc) is 3.27. The number of hydrogen-bond acceptors (Lipinski definition) is 4. The van der Waals surface area contributed by atoms with E-state index in [0.29, 0.717) is 6.04 Å². The fraction of sp³-hybridized carbons (Fsp3) is 0.789. The molecule has 1 atom stereocenters. The lowest BCUT2D eigenvalue weighted by molar-refractivity contribution is 0.0195. The van der Waals surface area contributed by atoms with Crippen molar-refractivity contribution in [3.05, 3.63) is 17.0 Å². The quantitative estimate of drug-likeness (QED) is 0.387. The second-order valence-electron chi connectivity index (χ2n) is 7.14. The van der Waals surface area contributed by atoms with Crippen molar-refractivity contribution in [1.82, 2.24) is 24.9 Å². The number of aliphatic imine (C=N–C) groups is 1. The van der Waals surface area contributed by atoms with Gasteiger partial charge in [0.1, 0.15) is 0 Å². The zero-order valence-corrected chi connectivity index (χ0v) is 19.5. The van der Waals surface area contributed by atoms with Crippen LogP contribution in [-0.4, -0.2) is 78.0 Å². The molecule has 0 bridgehead atoms. The van der Waals surface area contributed by atoms with Gasteiger partial charge in [0, 0.05) is 64.1 Å². The van der Waals surface area contributed by atoms with Crippen molar-refractivity contribution in [1.29, 1.82) is 0 Å². The number of aromatic nitrogens is 2. The van der Waals surface area contributed by atoms with Crippen LogP contribution >= 0.6 is 24.0 Å². The monoisotopic (exact) mass is 490 g/mol. The predicted octanol–water partition coefficient (Wildman–Crippen LogP) is 1.64. The van der Waals surface area contributed by atoms with Gasteiger partial charge in [0.25, 0.3) is 0 Å². The van der Waals surface area contributed by atoms with Crippen LogP contribution in [0.15, 0.2) is 4.99 Å². The SMILES string of the molecule is CCc1nn(C)c(CC)c1CNC(=NC)N1CCC(N2CCOCC2)C1.I. The molecule has 8 heteroatoms. The van der Waals surface area contributed by atoms with E-state index < -0.39 is 0 Å². The van der Waals surface area contributed by atoms with Crippen LogP contribution < -0.4 is 5.32 Å². The van der Waals surface area contributed by atoms with Crippen LogP contribution in [0.5, 0.6) is 0 Å². The minimum atomic E-state index is 0. The van der Waals surface area contributed by atoms with E-state index in [2.05, 4.69) is 39.1 Å². The van der Waals surface area contributed by atoms with Crippen LogP contribution in [0.2, 0.25) is 0 Å². The first-order valence-electron chi connectivity index (χ1n) is 9.98. The van der Waals surface area contributed by atoms with Gasteiger partial charge in [-0.3, -0.25) is 14.6 Å². The summed E-state index contributed by atoms with van der Waals surface area (Å²) in [6.07, 6.45) is 3.17. The third kappa shape index (κ3) is 5.14. The second kappa shape index (κ2) is 10.6. The maximum Gasteiger partial charge on any atom is 0.193 e. The van der Waals surface area contributed by atoms with Crippen molar-refractivity contribution < 1.29 is 4.74 Å². The molecule has 3 rings (SSSR count). The number of aryl methyl sites for hydroxylation is 2. The molecule has 2 aliphatic heterocycles. The number of morpholine rings is 1. The molecule has 1 N–H and O–H groups in total.